The highest BCUT2D eigenvalue weighted by Crippen LogP contribution is 2.35. The van der Waals surface area contributed by atoms with Crippen LogP contribution in [0.15, 0.2) is 41.7 Å². The normalized spacial score (nSPS) is 25.1. The first-order chi connectivity index (χ1) is 13.6. The third-order valence-electron chi connectivity index (χ3n) is 5.29. The lowest BCUT2D eigenvalue weighted by Gasteiger charge is -2.39. The van der Waals surface area contributed by atoms with Gasteiger partial charge >= 0.3 is 0 Å². The highest BCUT2D eigenvalue weighted by atomic mass is 16.5. The zero-order valence-corrected chi connectivity index (χ0v) is 15.8. The molecule has 0 aliphatic carbocycles. The molecule has 0 bridgehead atoms. The third kappa shape index (κ3) is 2.90. The van der Waals surface area contributed by atoms with Gasteiger partial charge in [-0.2, -0.15) is 0 Å². The Kier molecular flexibility index (Phi) is 4.19. The fourth-order valence-electron chi connectivity index (χ4n) is 4.07. The van der Waals surface area contributed by atoms with Crippen molar-refractivity contribution >= 4 is 5.65 Å². The molecule has 3 unspecified atom stereocenters. The van der Waals surface area contributed by atoms with Gasteiger partial charge < -0.3 is 9.47 Å². The van der Waals surface area contributed by atoms with Gasteiger partial charge in [0.25, 0.3) is 5.56 Å². The summed E-state index contributed by atoms with van der Waals surface area (Å²) in [4.78, 5) is 28.2. The molecule has 3 atom stereocenters. The van der Waals surface area contributed by atoms with Crippen LogP contribution in [0.5, 0.6) is 0 Å². The van der Waals surface area contributed by atoms with Crippen molar-refractivity contribution in [1.82, 2.24) is 24.3 Å². The number of hydrogen-bond donors (Lipinski definition) is 0. The second-order valence-electron chi connectivity index (χ2n) is 7.37. The van der Waals surface area contributed by atoms with Gasteiger partial charge in [0, 0.05) is 31.2 Å². The summed E-state index contributed by atoms with van der Waals surface area (Å²) in [6.07, 6.45) is 4.42. The molecule has 0 saturated carbocycles. The van der Waals surface area contributed by atoms with Gasteiger partial charge in [-0.15, -0.1) is 0 Å². The Morgan fingerprint density at radius 2 is 2.11 bits per heavy atom. The van der Waals surface area contributed by atoms with Crippen molar-refractivity contribution in [2.24, 2.45) is 0 Å². The van der Waals surface area contributed by atoms with Gasteiger partial charge in [-0.25, -0.2) is 9.97 Å². The van der Waals surface area contributed by atoms with E-state index in [-0.39, 0.29) is 17.8 Å². The summed E-state index contributed by atoms with van der Waals surface area (Å²) in [5.74, 6) is 0. The van der Waals surface area contributed by atoms with Crippen molar-refractivity contribution in [2.75, 3.05) is 13.1 Å². The standard InChI is InChI=1S/C20H21N5O3/c1-12-7-14(3-6-22-12)16-9-24(8-13(2)28-16)20-18-15(10-27-20)23-17-4-5-21-11-25(17)19(18)26/h3-7,11,13,16,20H,8-10H2,1-2H3. The zero-order chi connectivity index (χ0) is 19.3. The number of aryl methyl sites for hydroxylation is 1. The molecule has 1 fully saturated rings. The summed E-state index contributed by atoms with van der Waals surface area (Å²) in [6.45, 7) is 5.65. The number of fused-ring (bicyclic) bond motifs is 2. The molecule has 5 heterocycles. The van der Waals surface area contributed by atoms with E-state index in [9.17, 15) is 4.79 Å². The number of hydrogen-bond acceptors (Lipinski definition) is 7. The topological polar surface area (TPSA) is 81.8 Å². The van der Waals surface area contributed by atoms with E-state index in [1.54, 1.807) is 18.5 Å². The van der Waals surface area contributed by atoms with Crippen LogP contribution < -0.4 is 5.56 Å². The van der Waals surface area contributed by atoms with Crippen molar-refractivity contribution < 1.29 is 9.47 Å². The Morgan fingerprint density at radius 3 is 2.96 bits per heavy atom. The van der Waals surface area contributed by atoms with Crippen LogP contribution in [0.1, 0.15) is 41.8 Å². The molecule has 0 radical (unpaired) electrons. The summed E-state index contributed by atoms with van der Waals surface area (Å²) >= 11 is 0. The van der Waals surface area contributed by atoms with Gasteiger partial charge in [0.2, 0.25) is 0 Å². The maximum Gasteiger partial charge on any atom is 0.266 e. The number of pyridine rings is 1. The summed E-state index contributed by atoms with van der Waals surface area (Å²) in [7, 11) is 0. The molecule has 0 aromatic carbocycles. The molecule has 144 valence electrons. The van der Waals surface area contributed by atoms with Crippen LogP contribution in [0.3, 0.4) is 0 Å². The molecule has 2 aliphatic heterocycles. The Bertz CT molecular complexity index is 1100. The first kappa shape index (κ1) is 17.4. The fourth-order valence-corrected chi connectivity index (χ4v) is 4.07. The Hall–Kier alpha value is -2.68. The van der Waals surface area contributed by atoms with Crippen LogP contribution in [0.25, 0.3) is 5.65 Å². The summed E-state index contributed by atoms with van der Waals surface area (Å²) in [5.41, 5.74) is 3.81. The second kappa shape index (κ2) is 6.73. The molecule has 0 N–H and O–H groups in total. The van der Waals surface area contributed by atoms with Gasteiger partial charge in [-0.3, -0.25) is 19.1 Å². The van der Waals surface area contributed by atoms with Gasteiger partial charge in [0.1, 0.15) is 18.2 Å². The number of ether oxygens (including phenoxy) is 2. The average Bonchev–Trinajstić information content (AvgIpc) is 3.12. The molecule has 5 rings (SSSR count). The quantitative estimate of drug-likeness (QED) is 0.671. The monoisotopic (exact) mass is 379 g/mol. The summed E-state index contributed by atoms with van der Waals surface area (Å²) < 4.78 is 13.7. The predicted molar refractivity (Wildman–Crippen MR) is 101 cm³/mol. The highest BCUT2D eigenvalue weighted by molar-refractivity contribution is 5.40. The minimum Gasteiger partial charge on any atom is -0.368 e. The van der Waals surface area contributed by atoms with Gasteiger partial charge in [0.15, 0.2) is 0 Å². The molecule has 0 amide bonds. The van der Waals surface area contributed by atoms with Crippen molar-refractivity contribution in [3.05, 3.63) is 69.8 Å². The van der Waals surface area contributed by atoms with Crippen molar-refractivity contribution in [1.29, 1.82) is 0 Å². The molecule has 8 nitrogen and oxygen atoms in total. The van der Waals surface area contributed by atoms with Crippen LogP contribution in [0.2, 0.25) is 0 Å². The lowest BCUT2D eigenvalue weighted by molar-refractivity contribution is -0.144. The molecule has 8 heteroatoms. The smallest absolute Gasteiger partial charge is 0.266 e. The molecule has 3 aromatic heterocycles. The zero-order valence-electron chi connectivity index (χ0n) is 15.8. The molecule has 2 aliphatic rings. The highest BCUT2D eigenvalue weighted by Gasteiger charge is 2.38. The first-order valence-corrected chi connectivity index (χ1v) is 9.39. The van der Waals surface area contributed by atoms with Crippen molar-refractivity contribution in [3.63, 3.8) is 0 Å². The average molecular weight is 379 g/mol. The van der Waals surface area contributed by atoms with Crippen LogP contribution in [-0.2, 0) is 16.1 Å². The van der Waals surface area contributed by atoms with Gasteiger partial charge in [0.05, 0.1) is 30.1 Å². The van der Waals surface area contributed by atoms with Gasteiger partial charge in [-0.1, -0.05) is 0 Å². The number of nitrogens with zero attached hydrogens (tertiary/aromatic N) is 5. The van der Waals surface area contributed by atoms with Crippen LogP contribution in [-0.4, -0.2) is 43.4 Å². The van der Waals surface area contributed by atoms with E-state index >= 15 is 0 Å². The van der Waals surface area contributed by atoms with E-state index < -0.39 is 6.23 Å². The maximum absolute atomic E-state index is 13.1. The van der Waals surface area contributed by atoms with Crippen LogP contribution in [0, 0.1) is 6.92 Å². The Balaban J connectivity index is 1.51. The predicted octanol–water partition coefficient (Wildman–Crippen LogP) is 1.78. The van der Waals surface area contributed by atoms with Crippen molar-refractivity contribution in [3.8, 4) is 0 Å². The number of rotatable bonds is 2. The van der Waals surface area contributed by atoms with E-state index in [2.05, 4.69) is 19.9 Å². The van der Waals surface area contributed by atoms with E-state index in [1.807, 2.05) is 26.0 Å². The molecule has 0 spiro atoms. The van der Waals surface area contributed by atoms with E-state index in [0.717, 1.165) is 11.3 Å². The summed E-state index contributed by atoms with van der Waals surface area (Å²) in [5, 5.41) is 0. The van der Waals surface area contributed by atoms with E-state index in [0.29, 0.717) is 36.6 Å². The lowest BCUT2D eigenvalue weighted by atomic mass is 10.1. The Morgan fingerprint density at radius 1 is 1.21 bits per heavy atom. The molecule has 28 heavy (non-hydrogen) atoms. The second-order valence-corrected chi connectivity index (χ2v) is 7.37. The van der Waals surface area contributed by atoms with E-state index in [4.69, 9.17) is 9.47 Å². The number of morpholine rings is 1. The molecular weight excluding hydrogens is 358 g/mol. The minimum atomic E-state index is -0.427. The first-order valence-electron chi connectivity index (χ1n) is 9.39. The van der Waals surface area contributed by atoms with Gasteiger partial charge in [-0.05, 0) is 37.6 Å². The molecule has 1 saturated heterocycles. The van der Waals surface area contributed by atoms with E-state index in [1.165, 1.54) is 10.7 Å². The van der Waals surface area contributed by atoms with Crippen LogP contribution >= 0.6 is 0 Å². The molecule has 3 aromatic rings. The lowest BCUT2D eigenvalue weighted by Crippen LogP contribution is -2.45. The minimum absolute atomic E-state index is 0.0118. The third-order valence-corrected chi connectivity index (χ3v) is 5.29. The largest absolute Gasteiger partial charge is 0.368 e. The maximum atomic E-state index is 13.1. The number of aromatic nitrogens is 4. The summed E-state index contributed by atoms with van der Waals surface area (Å²) in [6, 6.07) is 5.75. The fraction of sp³-hybridized carbons (Fsp3) is 0.400. The molecular formula is C20H21N5O3. The SMILES string of the molecule is Cc1cc(C2CN(C3OCc4nc5ccncn5c(=O)c43)CC(C)O2)ccn1. The van der Waals surface area contributed by atoms with Crippen LogP contribution in [0.4, 0.5) is 0 Å². The Labute approximate surface area is 161 Å². The van der Waals surface area contributed by atoms with Crippen molar-refractivity contribution in [2.45, 2.75) is 38.9 Å².